The molecule has 0 saturated heterocycles. The van der Waals surface area contributed by atoms with E-state index in [2.05, 4.69) is 41.9 Å². The molecule has 10 heteroatoms. The molecule has 0 saturated carbocycles. The molecule has 1 amide bonds. The maximum Gasteiger partial charge on any atom is 0.325 e. The molecule has 1 atom stereocenters. The first-order valence-electron chi connectivity index (χ1n) is 7.80. The van der Waals surface area contributed by atoms with E-state index >= 15 is 0 Å². The third-order valence-electron chi connectivity index (χ3n) is 4.14. The number of hydrogen-bond donors (Lipinski definition) is 0. The normalized spacial score (nSPS) is 15.4. The highest BCUT2D eigenvalue weighted by molar-refractivity contribution is 9.10. The number of fused-ring (bicyclic) bond motifs is 3. The van der Waals surface area contributed by atoms with Gasteiger partial charge in [0.2, 0.25) is 5.91 Å². The lowest BCUT2D eigenvalue weighted by Gasteiger charge is -2.31. The van der Waals surface area contributed by atoms with Gasteiger partial charge in [-0.3, -0.25) is 4.79 Å². The molecule has 3 heterocycles. The first-order valence-corrected chi connectivity index (χ1v) is 10.6. The highest BCUT2D eigenvalue weighted by Gasteiger charge is 2.45. The average Bonchev–Trinajstić information content (AvgIpc) is 3.05. The quantitative estimate of drug-likeness (QED) is 0.387. The zero-order valence-corrected chi connectivity index (χ0v) is 18.1. The van der Waals surface area contributed by atoms with Gasteiger partial charge in [0.05, 0.1) is 17.1 Å². The Morgan fingerprint density at radius 3 is 2.74 bits per heavy atom. The second-order valence-electron chi connectivity index (χ2n) is 5.76. The van der Waals surface area contributed by atoms with E-state index in [9.17, 15) is 9.90 Å². The van der Waals surface area contributed by atoms with Crippen LogP contribution >= 0.6 is 43.6 Å². The van der Waals surface area contributed by atoms with Crippen LogP contribution in [0.3, 0.4) is 0 Å². The van der Waals surface area contributed by atoms with Crippen molar-refractivity contribution in [3.05, 3.63) is 45.2 Å². The molecule has 7 nitrogen and oxygen atoms in total. The van der Waals surface area contributed by atoms with Gasteiger partial charge in [-0.05, 0) is 57.2 Å². The smallest absolute Gasteiger partial charge is 0.325 e. The Morgan fingerprint density at radius 2 is 2.11 bits per heavy atom. The van der Waals surface area contributed by atoms with Crippen LogP contribution in [0.15, 0.2) is 49.0 Å². The van der Waals surface area contributed by atoms with Crippen LogP contribution < -0.4 is 14.7 Å². The van der Waals surface area contributed by atoms with E-state index in [4.69, 9.17) is 4.42 Å². The maximum atomic E-state index is 12.8. The number of thioether (sulfide) groups is 1. The highest BCUT2D eigenvalue weighted by atomic mass is 79.9. The number of carbonyl (C=O) groups excluding carboxylic acids is 1. The van der Waals surface area contributed by atoms with Crippen molar-refractivity contribution >= 4 is 55.2 Å². The Morgan fingerprint density at radius 1 is 1.33 bits per heavy atom. The molecule has 2 aromatic heterocycles. The standard InChI is InChI=1S/C17H12Br2N4O3S/c1-8(24)22-11-4-3-9(18)7-10(11)14-15(25)20-17(27-2)21-23(14)16(22)12-5-6-13(19)26-12/h3-7,16H,1-2H3. The molecule has 138 valence electrons. The fourth-order valence-corrected chi connectivity index (χ4v) is 4.13. The summed E-state index contributed by atoms with van der Waals surface area (Å²) in [5, 5.41) is 17.7. The fourth-order valence-electron chi connectivity index (χ4n) is 3.11. The summed E-state index contributed by atoms with van der Waals surface area (Å²) >= 11 is 7.98. The first-order chi connectivity index (χ1) is 12.9. The number of anilines is 1. The van der Waals surface area contributed by atoms with Crippen LogP contribution in [0.1, 0.15) is 18.8 Å². The predicted octanol–water partition coefficient (Wildman–Crippen LogP) is 3.26. The molecule has 1 aliphatic rings. The molecule has 0 spiro atoms. The Balaban J connectivity index is 2.09. The number of carbonyl (C=O) groups is 1. The summed E-state index contributed by atoms with van der Waals surface area (Å²) in [6.45, 7) is 1.47. The second-order valence-corrected chi connectivity index (χ2v) is 8.23. The van der Waals surface area contributed by atoms with Crippen molar-refractivity contribution in [1.29, 1.82) is 0 Å². The van der Waals surface area contributed by atoms with E-state index in [1.165, 1.54) is 23.4 Å². The molecule has 0 bridgehead atoms. The van der Waals surface area contributed by atoms with Gasteiger partial charge in [-0.1, -0.05) is 27.7 Å². The number of halogens is 2. The number of benzene rings is 1. The van der Waals surface area contributed by atoms with Crippen molar-refractivity contribution in [1.82, 2.24) is 10.1 Å². The summed E-state index contributed by atoms with van der Waals surface area (Å²) in [5.74, 6) is -0.138. The molecule has 0 N–H and O–H groups in total. The van der Waals surface area contributed by atoms with Gasteiger partial charge in [0.15, 0.2) is 10.4 Å². The lowest BCUT2D eigenvalue weighted by atomic mass is 10.0. The Hall–Kier alpha value is -1.91. The molecular weight excluding hydrogens is 500 g/mol. The predicted molar refractivity (Wildman–Crippen MR) is 104 cm³/mol. The van der Waals surface area contributed by atoms with Crippen molar-refractivity contribution in [2.75, 3.05) is 11.2 Å². The van der Waals surface area contributed by atoms with Crippen LogP contribution in [0, 0.1) is 0 Å². The third kappa shape index (κ3) is 3.05. The number of nitrogens with zero attached hydrogens (tertiary/aromatic N) is 4. The molecule has 1 unspecified atom stereocenters. The minimum absolute atomic E-state index is 0.203. The zero-order valence-electron chi connectivity index (χ0n) is 14.1. The van der Waals surface area contributed by atoms with Crippen LogP contribution in [0.2, 0.25) is 0 Å². The lowest BCUT2D eigenvalue weighted by Crippen LogP contribution is -2.58. The van der Waals surface area contributed by atoms with Gasteiger partial charge in [-0.15, -0.1) is 0 Å². The Kier molecular flexibility index (Phi) is 4.73. The fraction of sp³-hybridized carbons (Fsp3) is 0.176. The first kappa shape index (κ1) is 18.5. The molecule has 0 fully saturated rings. The molecule has 27 heavy (non-hydrogen) atoms. The Labute approximate surface area is 175 Å². The number of aromatic nitrogens is 3. The SMILES string of the molecule is CSc1nc([O-])c2[n+](n1)C(c1ccc(Br)o1)N(C(C)=O)c1ccc(Br)cc1-2. The van der Waals surface area contributed by atoms with Gasteiger partial charge in [-0.2, -0.15) is 0 Å². The Bertz CT molecular complexity index is 1070. The van der Waals surface area contributed by atoms with Crippen LogP contribution in [-0.2, 0) is 4.79 Å². The summed E-state index contributed by atoms with van der Waals surface area (Å²) < 4.78 is 8.55. The minimum atomic E-state index is -0.737. The molecule has 4 rings (SSSR count). The van der Waals surface area contributed by atoms with Crippen LogP contribution in [-0.4, -0.2) is 22.2 Å². The molecular formula is C17H12Br2N4O3S. The maximum absolute atomic E-state index is 12.8. The van der Waals surface area contributed by atoms with E-state index < -0.39 is 12.0 Å². The number of furan rings is 1. The van der Waals surface area contributed by atoms with E-state index in [1.54, 1.807) is 35.4 Å². The van der Waals surface area contributed by atoms with E-state index in [0.717, 1.165) is 4.47 Å². The molecule has 1 aromatic carbocycles. The number of amides is 1. The topological polar surface area (TPSA) is 86.2 Å². The van der Waals surface area contributed by atoms with Crippen LogP contribution in [0.25, 0.3) is 11.3 Å². The van der Waals surface area contributed by atoms with Crippen molar-refractivity contribution < 1.29 is 19.0 Å². The van der Waals surface area contributed by atoms with E-state index in [1.807, 2.05) is 6.07 Å². The highest BCUT2D eigenvalue weighted by Crippen LogP contribution is 2.42. The molecule has 0 aliphatic carbocycles. The van der Waals surface area contributed by atoms with E-state index in [-0.39, 0.29) is 5.91 Å². The summed E-state index contributed by atoms with van der Waals surface area (Å²) in [6, 6.07) is 8.88. The number of hydrogen-bond acceptors (Lipinski definition) is 6. The second kappa shape index (κ2) is 6.92. The van der Waals surface area contributed by atoms with Gasteiger partial charge in [0, 0.05) is 16.5 Å². The van der Waals surface area contributed by atoms with Crippen LogP contribution in [0.5, 0.6) is 5.88 Å². The van der Waals surface area contributed by atoms with Gasteiger partial charge in [0.25, 0.3) is 10.9 Å². The summed E-state index contributed by atoms with van der Waals surface area (Å²) in [4.78, 5) is 18.2. The monoisotopic (exact) mass is 510 g/mol. The minimum Gasteiger partial charge on any atom is -0.854 e. The molecule has 1 aliphatic heterocycles. The van der Waals surface area contributed by atoms with Gasteiger partial charge in [0.1, 0.15) is 0 Å². The summed E-state index contributed by atoms with van der Waals surface area (Å²) in [5.41, 5.74) is 1.49. The average molecular weight is 512 g/mol. The molecule has 0 radical (unpaired) electrons. The summed E-state index contributed by atoms with van der Waals surface area (Å²) in [7, 11) is 0. The largest absolute Gasteiger partial charge is 0.854 e. The van der Waals surface area contributed by atoms with Gasteiger partial charge in [-0.25, -0.2) is 9.88 Å². The van der Waals surface area contributed by atoms with Crippen LogP contribution in [0.4, 0.5) is 5.69 Å². The van der Waals surface area contributed by atoms with Crippen molar-refractivity contribution in [3.8, 4) is 17.1 Å². The van der Waals surface area contributed by atoms with Gasteiger partial charge >= 0.3 is 6.17 Å². The molecule has 3 aromatic rings. The third-order valence-corrected chi connectivity index (χ3v) is 5.60. The number of rotatable bonds is 2. The van der Waals surface area contributed by atoms with Gasteiger partial charge < -0.3 is 9.52 Å². The zero-order chi connectivity index (χ0) is 19.3. The van der Waals surface area contributed by atoms with E-state index in [0.29, 0.717) is 32.5 Å². The van der Waals surface area contributed by atoms with Crippen molar-refractivity contribution in [3.63, 3.8) is 0 Å². The summed E-state index contributed by atoms with van der Waals surface area (Å²) in [6.07, 6.45) is 1.05. The van der Waals surface area contributed by atoms with Crippen molar-refractivity contribution in [2.24, 2.45) is 0 Å². The van der Waals surface area contributed by atoms with Crippen molar-refractivity contribution in [2.45, 2.75) is 18.2 Å². The lowest BCUT2D eigenvalue weighted by molar-refractivity contribution is -0.765.